The number of carbonyl (C=O) groups is 4. The van der Waals surface area contributed by atoms with Crippen LogP contribution in [0.2, 0.25) is 0 Å². The second-order valence-corrected chi connectivity index (χ2v) is 30.6. The third-order valence-corrected chi connectivity index (χ3v) is 18.9. The van der Waals surface area contributed by atoms with E-state index in [0.717, 1.165) is 134 Å². The van der Waals surface area contributed by atoms with Gasteiger partial charge in [0.05, 0.1) is 26.4 Å². The van der Waals surface area contributed by atoms with E-state index in [4.69, 9.17) is 37.0 Å². The molecule has 3 unspecified atom stereocenters. The lowest BCUT2D eigenvalue weighted by atomic mass is 10.0. The van der Waals surface area contributed by atoms with Crippen molar-refractivity contribution in [3.63, 3.8) is 0 Å². The SMILES string of the molecule is CCCCCC/C=C\C=C/CCCCCCCC(=O)OC[C@H](COP(=O)(O)OCC(O)COP(=O)(O)OC[C@@H](COC(=O)CCCCCCCCCC(C)C)OC(=O)CCCCCCCCCCCCCCCCC(C)C)OC(=O)CCCCCCC/C=C\C=C/CCCCCC. The fourth-order valence-electron chi connectivity index (χ4n) is 10.9. The molecule has 0 bridgehead atoms. The number of esters is 4. The molecule has 0 aromatic heterocycles. The van der Waals surface area contributed by atoms with E-state index in [1.165, 1.54) is 135 Å². The molecule has 97 heavy (non-hydrogen) atoms. The Morgan fingerprint density at radius 2 is 0.557 bits per heavy atom. The first-order chi connectivity index (χ1) is 46.9. The molecule has 0 aromatic carbocycles. The van der Waals surface area contributed by atoms with Crippen molar-refractivity contribution < 1.29 is 80.2 Å². The highest BCUT2D eigenvalue weighted by molar-refractivity contribution is 7.47. The zero-order valence-corrected chi connectivity index (χ0v) is 64.1. The van der Waals surface area contributed by atoms with Crippen LogP contribution in [-0.4, -0.2) is 96.7 Å². The molecule has 19 heteroatoms. The van der Waals surface area contributed by atoms with E-state index in [-0.39, 0.29) is 25.7 Å². The summed E-state index contributed by atoms with van der Waals surface area (Å²) in [6, 6.07) is 0. The summed E-state index contributed by atoms with van der Waals surface area (Å²) in [4.78, 5) is 72.8. The number of unbranched alkanes of at least 4 members (excludes halogenated alkanes) is 37. The Morgan fingerprint density at radius 3 is 0.835 bits per heavy atom. The van der Waals surface area contributed by atoms with Crippen LogP contribution in [0.15, 0.2) is 48.6 Å². The zero-order chi connectivity index (χ0) is 71.4. The summed E-state index contributed by atoms with van der Waals surface area (Å²) in [6.45, 7) is 9.44. The fourth-order valence-corrected chi connectivity index (χ4v) is 12.5. The molecule has 0 aromatic rings. The number of ether oxygens (including phenoxy) is 4. The van der Waals surface area contributed by atoms with E-state index < -0.39 is 97.5 Å². The van der Waals surface area contributed by atoms with Crippen molar-refractivity contribution in [1.29, 1.82) is 0 Å². The van der Waals surface area contributed by atoms with Gasteiger partial charge in [0.25, 0.3) is 0 Å². The summed E-state index contributed by atoms with van der Waals surface area (Å²) in [7, 11) is -9.94. The summed E-state index contributed by atoms with van der Waals surface area (Å²) >= 11 is 0. The van der Waals surface area contributed by atoms with Crippen molar-refractivity contribution in [3.05, 3.63) is 48.6 Å². The lowest BCUT2D eigenvalue weighted by Crippen LogP contribution is -2.30. The average molecular weight is 1420 g/mol. The minimum absolute atomic E-state index is 0.0780. The number of hydrogen-bond acceptors (Lipinski definition) is 15. The topological polar surface area (TPSA) is 237 Å². The van der Waals surface area contributed by atoms with E-state index in [2.05, 4.69) is 90.2 Å². The highest BCUT2D eigenvalue weighted by atomic mass is 31.2. The number of hydrogen-bond donors (Lipinski definition) is 3. The van der Waals surface area contributed by atoms with E-state index in [1.807, 2.05) is 0 Å². The minimum Gasteiger partial charge on any atom is -0.462 e. The lowest BCUT2D eigenvalue weighted by Gasteiger charge is -2.21. The number of aliphatic hydroxyl groups is 1. The Labute approximate surface area is 591 Å². The van der Waals surface area contributed by atoms with Gasteiger partial charge in [-0.05, 0) is 88.9 Å². The number of rotatable bonds is 73. The smallest absolute Gasteiger partial charge is 0.462 e. The van der Waals surface area contributed by atoms with Crippen molar-refractivity contribution in [2.45, 2.75) is 374 Å². The van der Waals surface area contributed by atoms with Gasteiger partial charge in [-0.15, -0.1) is 0 Å². The Bertz CT molecular complexity index is 2060. The Kier molecular flexibility index (Phi) is 66.7. The van der Waals surface area contributed by atoms with Gasteiger partial charge in [0.15, 0.2) is 12.2 Å². The summed E-state index contributed by atoms with van der Waals surface area (Å²) in [5, 5.41) is 10.6. The molecule has 3 N–H and O–H groups in total. The van der Waals surface area contributed by atoms with Gasteiger partial charge in [-0.25, -0.2) is 9.13 Å². The van der Waals surface area contributed by atoms with E-state index in [0.29, 0.717) is 31.6 Å². The first-order valence-electron chi connectivity index (χ1n) is 39.1. The van der Waals surface area contributed by atoms with Crippen molar-refractivity contribution in [1.82, 2.24) is 0 Å². The molecule has 0 saturated carbocycles. The molecule has 0 radical (unpaired) electrons. The summed E-state index contributed by atoms with van der Waals surface area (Å²) in [5.41, 5.74) is 0. The van der Waals surface area contributed by atoms with Crippen LogP contribution in [0, 0.1) is 11.8 Å². The third kappa shape index (κ3) is 71.2. The van der Waals surface area contributed by atoms with Gasteiger partial charge in [-0.3, -0.25) is 37.3 Å². The maximum absolute atomic E-state index is 13.1. The Hall–Kier alpha value is -2.98. The Morgan fingerprint density at radius 1 is 0.320 bits per heavy atom. The lowest BCUT2D eigenvalue weighted by molar-refractivity contribution is -0.161. The van der Waals surface area contributed by atoms with Crippen molar-refractivity contribution in [2.75, 3.05) is 39.6 Å². The molecule has 0 aliphatic rings. The highest BCUT2D eigenvalue weighted by Gasteiger charge is 2.30. The minimum atomic E-state index is -4.97. The van der Waals surface area contributed by atoms with Gasteiger partial charge >= 0.3 is 39.5 Å². The van der Waals surface area contributed by atoms with Crippen LogP contribution in [0.3, 0.4) is 0 Å². The van der Waals surface area contributed by atoms with Crippen molar-refractivity contribution in [3.8, 4) is 0 Å². The number of allylic oxidation sites excluding steroid dienone is 8. The Balaban J connectivity index is 5.31. The molecule has 0 spiro atoms. The van der Waals surface area contributed by atoms with Gasteiger partial charge in [0.1, 0.15) is 19.3 Å². The van der Waals surface area contributed by atoms with Crippen LogP contribution in [0.4, 0.5) is 0 Å². The average Bonchev–Trinajstić information content (AvgIpc) is 1.49. The first-order valence-corrected chi connectivity index (χ1v) is 42.1. The van der Waals surface area contributed by atoms with Gasteiger partial charge in [-0.1, -0.05) is 302 Å². The van der Waals surface area contributed by atoms with Gasteiger partial charge in [0, 0.05) is 25.7 Å². The van der Waals surface area contributed by atoms with E-state index >= 15 is 0 Å². The second-order valence-electron chi connectivity index (χ2n) is 27.7. The fraction of sp³-hybridized carbons (Fsp3) is 0.846. The molecule has 0 fully saturated rings. The summed E-state index contributed by atoms with van der Waals surface area (Å²) < 4.78 is 68.5. The van der Waals surface area contributed by atoms with Crippen LogP contribution in [0.5, 0.6) is 0 Å². The quantitative estimate of drug-likeness (QED) is 0.0169. The summed E-state index contributed by atoms with van der Waals surface area (Å²) in [6.07, 6.45) is 62.7. The number of phosphoric ester groups is 2. The van der Waals surface area contributed by atoms with E-state index in [9.17, 15) is 43.2 Å². The van der Waals surface area contributed by atoms with Crippen LogP contribution in [0.25, 0.3) is 0 Å². The van der Waals surface area contributed by atoms with Crippen molar-refractivity contribution >= 4 is 39.5 Å². The van der Waals surface area contributed by atoms with Gasteiger partial charge in [-0.2, -0.15) is 0 Å². The molecule has 17 nitrogen and oxygen atoms in total. The molecule has 0 rings (SSSR count). The molecule has 0 amide bonds. The molecular formula is C78H144O17P2. The largest absolute Gasteiger partial charge is 0.472 e. The predicted molar refractivity (Wildman–Crippen MR) is 395 cm³/mol. The van der Waals surface area contributed by atoms with Crippen LogP contribution in [0.1, 0.15) is 356 Å². The van der Waals surface area contributed by atoms with Gasteiger partial charge < -0.3 is 33.8 Å². The molecular weight excluding hydrogens is 1270 g/mol. The second kappa shape index (κ2) is 68.8. The molecule has 568 valence electrons. The number of aliphatic hydroxyl groups excluding tert-OH is 1. The van der Waals surface area contributed by atoms with Crippen LogP contribution >= 0.6 is 15.6 Å². The molecule has 5 atom stereocenters. The molecule has 0 heterocycles. The normalized spacial score (nSPS) is 14.3. The highest BCUT2D eigenvalue weighted by Crippen LogP contribution is 2.45. The van der Waals surface area contributed by atoms with Crippen molar-refractivity contribution in [2.24, 2.45) is 11.8 Å². The van der Waals surface area contributed by atoms with Gasteiger partial charge in [0.2, 0.25) is 0 Å². The van der Waals surface area contributed by atoms with E-state index in [1.54, 1.807) is 0 Å². The monoisotopic (exact) mass is 1410 g/mol. The zero-order valence-electron chi connectivity index (χ0n) is 62.3. The van der Waals surface area contributed by atoms with Crippen LogP contribution in [-0.2, 0) is 65.4 Å². The standard InChI is InChI=1S/C78H144O17P2/c1-7-9-11-13-15-17-19-21-23-28-32-36-42-48-54-60-75(80)88-66-73(94-77(82)62-56-50-43-37-33-29-24-22-20-18-16-14-12-10-8-2)68-92-96(84,85)90-64-72(79)65-91-97(86,87)93-69-74(67-89-76(81)61-55-49-45-39-41-47-53-59-71(5)6)95-78(83)63-57-51-44-38-34-30-26-25-27-31-35-40-46-52-58-70(3)4/h17-24,70-74,79H,7-16,25-69H2,1-6H3,(H,84,85)(H,86,87)/b19-17-,20-18-,23-21-,24-22-/t72?,73-,74-/m1/s1. The summed E-state index contributed by atoms with van der Waals surface area (Å²) in [5.74, 6) is -0.681. The third-order valence-electron chi connectivity index (χ3n) is 17.0. The molecule has 0 saturated heterocycles. The maximum Gasteiger partial charge on any atom is 0.472 e. The predicted octanol–water partition coefficient (Wildman–Crippen LogP) is 22.2. The maximum atomic E-state index is 13.1. The molecule has 0 aliphatic heterocycles. The molecule has 0 aliphatic carbocycles. The van der Waals surface area contributed by atoms with Crippen LogP contribution < -0.4 is 0 Å². The number of phosphoric acid groups is 2. The first kappa shape index (κ1) is 94.0. The number of carbonyl (C=O) groups excluding carboxylic acids is 4.